The Hall–Kier alpha value is -2.78. The molecule has 1 atom stereocenters. The molecule has 0 unspecified atom stereocenters. The van der Waals surface area contributed by atoms with Gasteiger partial charge in [-0.1, -0.05) is 12.5 Å². The predicted molar refractivity (Wildman–Crippen MR) is 124 cm³/mol. The SMILES string of the molecule is O=C(Nc1c2c(cc3c1CCC3)CCC2)[C@@H]1CCCCN1S(=O)(=O)c1ccc([N+](=O)[O-])cc1. The van der Waals surface area contributed by atoms with Gasteiger partial charge in [0.05, 0.1) is 9.82 Å². The van der Waals surface area contributed by atoms with Crippen LogP contribution in [0.3, 0.4) is 0 Å². The molecule has 2 aromatic carbocycles. The lowest BCUT2D eigenvalue weighted by molar-refractivity contribution is -0.384. The Kier molecular flexibility index (Phi) is 5.70. The zero-order valence-electron chi connectivity index (χ0n) is 18.4. The monoisotopic (exact) mass is 469 g/mol. The molecule has 0 spiro atoms. The molecule has 3 aliphatic rings. The number of rotatable bonds is 5. The summed E-state index contributed by atoms with van der Waals surface area (Å²) in [6.45, 7) is 0.252. The molecule has 2 aromatic rings. The highest BCUT2D eigenvalue weighted by Gasteiger charge is 2.38. The van der Waals surface area contributed by atoms with Crippen LogP contribution in [0.5, 0.6) is 0 Å². The predicted octanol–water partition coefficient (Wildman–Crippen LogP) is 3.75. The molecule has 1 N–H and O–H groups in total. The lowest BCUT2D eigenvalue weighted by Gasteiger charge is -2.34. The van der Waals surface area contributed by atoms with Gasteiger partial charge in [0.15, 0.2) is 0 Å². The van der Waals surface area contributed by atoms with Crippen molar-refractivity contribution in [2.75, 3.05) is 11.9 Å². The number of fused-ring (bicyclic) bond motifs is 2. The fraction of sp³-hybridized carbons (Fsp3) is 0.458. The molecule has 9 heteroatoms. The molecule has 174 valence electrons. The lowest BCUT2D eigenvalue weighted by atomic mass is 9.98. The maximum Gasteiger partial charge on any atom is 0.269 e. The standard InChI is InChI=1S/C24H27N3O5S/c28-24(25-23-20-7-3-5-16(20)15-17-6-4-8-21(17)23)22-9-1-2-14-26(22)33(31,32)19-12-10-18(11-13-19)27(29)30/h10-13,15,22H,1-9,14H2,(H,25,28)/t22-/m0/s1. The van der Waals surface area contributed by atoms with Crippen LogP contribution in [0.1, 0.15) is 54.4 Å². The Labute approximate surface area is 193 Å². The molecular formula is C24H27N3O5S. The van der Waals surface area contributed by atoms with Crippen molar-refractivity contribution >= 4 is 27.3 Å². The van der Waals surface area contributed by atoms with Crippen molar-refractivity contribution in [3.63, 3.8) is 0 Å². The summed E-state index contributed by atoms with van der Waals surface area (Å²) in [6.07, 6.45) is 7.97. The van der Waals surface area contributed by atoms with Crippen LogP contribution in [0.4, 0.5) is 11.4 Å². The van der Waals surface area contributed by atoms with Crippen LogP contribution >= 0.6 is 0 Å². The number of nitro groups is 1. The Morgan fingerprint density at radius 1 is 0.970 bits per heavy atom. The van der Waals surface area contributed by atoms with Crippen molar-refractivity contribution in [3.8, 4) is 0 Å². The Bertz CT molecular complexity index is 1190. The number of nitrogens with one attached hydrogen (secondary N) is 1. The third kappa shape index (κ3) is 3.93. The first kappa shape index (κ1) is 22.0. The zero-order chi connectivity index (χ0) is 23.2. The summed E-state index contributed by atoms with van der Waals surface area (Å²) in [7, 11) is -3.96. The van der Waals surface area contributed by atoms with Crippen LogP contribution in [0.2, 0.25) is 0 Å². The third-order valence-corrected chi connectivity index (χ3v) is 9.05. The van der Waals surface area contributed by atoms with Crippen LogP contribution in [0.15, 0.2) is 35.2 Å². The third-order valence-electron chi connectivity index (χ3n) is 7.13. The highest BCUT2D eigenvalue weighted by Crippen LogP contribution is 2.39. The fourth-order valence-electron chi connectivity index (χ4n) is 5.50. The van der Waals surface area contributed by atoms with Gasteiger partial charge in [0.25, 0.3) is 5.69 Å². The number of nitro benzene ring substituents is 1. The van der Waals surface area contributed by atoms with Gasteiger partial charge in [0.1, 0.15) is 6.04 Å². The molecule has 1 amide bonds. The normalized spacial score (nSPS) is 20.3. The van der Waals surface area contributed by atoms with Gasteiger partial charge in [-0.05, 0) is 85.8 Å². The summed E-state index contributed by atoms with van der Waals surface area (Å²) in [4.78, 5) is 23.8. The summed E-state index contributed by atoms with van der Waals surface area (Å²) in [6, 6.07) is 6.35. The summed E-state index contributed by atoms with van der Waals surface area (Å²) >= 11 is 0. The van der Waals surface area contributed by atoms with E-state index >= 15 is 0 Å². The lowest BCUT2D eigenvalue weighted by Crippen LogP contribution is -2.50. The molecule has 0 saturated carbocycles. The number of aryl methyl sites for hydroxylation is 2. The Morgan fingerprint density at radius 2 is 1.61 bits per heavy atom. The van der Waals surface area contributed by atoms with E-state index in [2.05, 4.69) is 11.4 Å². The highest BCUT2D eigenvalue weighted by atomic mass is 32.2. The molecular weight excluding hydrogens is 442 g/mol. The second-order valence-corrected chi connectivity index (χ2v) is 11.0. The van der Waals surface area contributed by atoms with Crippen molar-refractivity contribution in [2.45, 2.75) is 68.7 Å². The van der Waals surface area contributed by atoms with Crippen LogP contribution in [-0.4, -0.2) is 36.1 Å². The molecule has 0 aromatic heterocycles. The van der Waals surface area contributed by atoms with Crippen molar-refractivity contribution in [2.24, 2.45) is 0 Å². The van der Waals surface area contributed by atoms with Crippen LogP contribution in [0, 0.1) is 10.1 Å². The number of non-ortho nitro benzene ring substituents is 1. The van der Waals surface area contributed by atoms with Crippen molar-refractivity contribution in [3.05, 3.63) is 62.7 Å². The van der Waals surface area contributed by atoms with E-state index in [1.165, 1.54) is 50.8 Å². The summed E-state index contributed by atoms with van der Waals surface area (Å²) in [5.74, 6) is -0.283. The van der Waals surface area contributed by atoms with E-state index in [-0.39, 0.29) is 23.0 Å². The van der Waals surface area contributed by atoms with E-state index in [4.69, 9.17) is 0 Å². The number of hydrogen-bond acceptors (Lipinski definition) is 5. The summed E-state index contributed by atoms with van der Waals surface area (Å²) < 4.78 is 28.0. The number of benzene rings is 2. The smallest absolute Gasteiger partial charge is 0.269 e. The Morgan fingerprint density at radius 3 is 2.21 bits per heavy atom. The maximum absolute atomic E-state index is 13.5. The van der Waals surface area contributed by atoms with Crippen molar-refractivity contribution in [1.29, 1.82) is 0 Å². The number of piperidine rings is 1. The number of sulfonamides is 1. The minimum atomic E-state index is -3.96. The molecule has 1 saturated heterocycles. The number of carbonyl (C=O) groups excluding carboxylic acids is 1. The molecule has 1 aliphatic heterocycles. The highest BCUT2D eigenvalue weighted by molar-refractivity contribution is 7.89. The Balaban J connectivity index is 1.44. The van der Waals surface area contributed by atoms with Crippen LogP contribution < -0.4 is 5.32 Å². The fourth-order valence-corrected chi connectivity index (χ4v) is 7.16. The van der Waals surface area contributed by atoms with Gasteiger partial charge in [-0.15, -0.1) is 0 Å². The first-order chi connectivity index (χ1) is 15.9. The van der Waals surface area contributed by atoms with E-state index in [0.29, 0.717) is 12.8 Å². The van der Waals surface area contributed by atoms with E-state index in [0.717, 1.165) is 50.6 Å². The molecule has 1 fully saturated rings. The van der Waals surface area contributed by atoms with E-state index in [9.17, 15) is 23.3 Å². The average molecular weight is 470 g/mol. The first-order valence-electron chi connectivity index (χ1n) is 11.6. The van der Waals surface area contributed by atoms with Gasteiger partial charge in [0, 0.05) is 24.4 Å². The minimum Gasteiger partial charge on any atom is -0.324 e. The number of amides is 1. The first-order valence-corrected chi connectivity index (χ1v) is 13.0. The molecule has 0 bridgehead atoms. The van der Waals surface area contributed by atoms with Crippen molar-refractivity contribution < 1.29 is 18.1 Å². The van der Waals surface area contributed by atoms with Gasteiger partial charge in [-0.2, -0.15) is 4.31 Å². The van der Waals surface area contributed by atoms with Crippen molar-refractivity contribution in [1.82, 2.24) is 4.31 Å². The van der Waals surface area contributed by atoms with Gasteiger partial charge in [0.2, 0.25) is 15.9 Å². The zero-order valence-corrected chi connectivity index (χ0v) is 19.2. The molecule has 0 radical (unpaired) electrons. The summed E-state index contributed by atoms with van der Waals surface area (Å²) in [5, 5.41) is 14.1. The van der Waals surface area contributed by atoms with Gasteiger partial charge >= 0.3 is 0 Å². The van der Waals surface area contributed by atoms with Crippen LogP contribution in [0.25, 0.3) is 0 Å². The molecule has 8 nitrogen and oxygen atoms in total. The quantitative estimate of drug-likeness (QED) is 0.530. The molecule has 2 aliphatic carbocycles. The van der Waals surface area contributed by atoms with E-state index in [1.807, 2.05) is 0 Å². The van der Waals surface area contributed by atoms with Gasteiger partial charge in [-0.25, -0.2) is 8.42 Å². The van der Waals surface area contributed by atoms with Gasteiger partial charge < -0.3 is 5.32 Å². The number of hydrogen-bond donors (Lipinski definition) is 1. The molecule has 33 heavy (non-hydrogen) atoms. The average Bonchev–Trinajstić information content (AvgIpc) is 3.48. The van der Waals surface area contributed by atoms with Crippen LogP contribution in [-0.2, 0) is 40.5 Å². The molecule has 1 heterocycles. The molecule has 5 rings (SSSR count). The summed E-state index contributed by atoms with van der Waals surface area (Å²) in [5.41, 5.74) is 5.79. The number of anilines is 1. The number of nitrogens with zero attached hydrogens (tertiary/aromatic N) is 2. The second-order valence-electron chi connectivity index (χ2n) is 9.10. The minimum absolute atomic E-state index is 0.0331. The number of carbonyl (C=O) groups is 1. The second kappa shape index (κ2) is 8.53. The van der Waals surface area contributed by atoms with E-state index in [1.54, 1.807) is 0 Å². The topological polar surface area (TPSA) is 110 Å². The maximum atomic E-state index is 13.5. The van der Waals surface area contributed by atoms with E-state index < -0.39 is 21.0 Å². The largest absolute Gasteiger partial charge is 0.324 e. The van der Waals surface area contributed by atoms with Gasteiger partial charge in [-0.3, -0.25) is 14.9 Å².